The Morgan fingerprint density at radius 2 is 2.39 bits per heavy atom. The van der Waals surface area contributed by atoms with E-state index in [1.54, 1.807) is 30.1 Å². The molecule has 2 heterocycles. The van der Waals surface area contributed by atoms with E-state index in [1.165, 1.54) is 0 Å². The van der Waals surface area contributed by atoms with Gasteiger partial charge in [-0.15, -0.1) is 11.3 Å². The highest BCUT2D eigenvalue weighted by atomic mass is 32.2. The maximum Gasteiger partial charge on any atom is 0.218 e. The summed E-state index contributed by atoms with van der Waals surface area (Å²) in [5.41, 5.74) is 1.98. The van der Waals surface area contributed by atoms with Crippen LogP contribution in [0.5, 0.6) is 0 Å². The fourth-order valence-corrected chi connectivity index (χ4v) is 3.62. The molecule has 1 aliphatic rings. The van der Waals surface area contributed by atoms with Crippen molar-refractivity contribution in [2.45, 2.75) is 18.2 Å². The first kappa shape index (κ1) is 13.3. The minimum atomic E-state index is 0.674. The van der Waals surface area contributed by atoms with Gasteiger partial charge in [-0.1, -0.05) is 24.8 Å². The van der Waals surface area contributed by atoms with Gasteiger partial charge in [-0.3, -0.25) is 4.99 Å². The summed E-state index contributed by atoms with van der Waals surface area (Å²) >= 11 is 3.47. The normalized spacial score (nSPS) is 17.5. The zero-order valence-electron chi connectivity index (χ0n) is 10.7. The lowest BCUT2D eigenvalue weighted by molar-refractivity contribution is 1.02. The monoisotopic (exact) mass is 280 g/mol. The number of thioether (sulfide) groups is 1. The summed E-state index contributed by atoms with van der Waals surface area (Å²) in [7, 11) is 1.74. The van der Waals surface area contributed by atoms with E-state index in [4.69, 9.17) is 0 Å². The molecule has 0 fully saturated rings. The molecule has 18 heavy (non-hydrogen) atoms. The summed E-state index contributed by atoms with van der Waals surface area (Å²) in [5.74, 6) is 1.71. The lowest BCUT2D eigenvalue weighted by atomic mass is 10.2. The Kier molecular flexibility index (Phi) is 4.54. The Labute approximate surface area is 115 Å². The molecule has 0 radical (unpaired) electrons. The van der Waals surface area contributed by atoms with E-state index in [2.05, 4.69) is 33.3 Å². The van der Waals surface area contributed by atoms with Gasteiger partial charge in [0.1, 0.15) is 0 Å². The maximum absolute atomic E-state index is 4.56. The topological polar surface area (TPSA) is 49.6 Å². The molecule has 0 spiro atoms. The number of aliphatic imine (C=N–C) groups is 2. The van der Waals surface area contributed by atoms with E-state index in [9.17, 15) is 0 Å². The molecule has 2 rings (SSSR count). The second kappa shape index (κ2) is 6.15. The van der Waals surface area contributed by atoms with Crippen LogP contribution in [0.25, 0.3) is 0 Å². The molecular formula is C12H16N4S2. The lowest BCUT2D eigenvalue weighted by Crippen LogP contribution is -2.20. The van der Waals surface area contributed by atoms with E-state index >= 15 is 0 Å². The average Bonchev–Trinajstić information content (AvgIpc) is 2.61. The van der Waals surface area contributed by atoms with E-state index < -0.39 is 0 Å². The molecule has 1 aliphatic heterocycles. The highest BCUT2D eigenvalue weighted by molar-refractivity contribution is 8.01. The third-order valence-corrected chi connectivity index (χ3v) is 4.57. The van der Waals surface area contributed by atoms with Gasteiger partial charge < -0.3 is 5.32 Å². The summed E-state index contributed by atoms with van der Waals surface area (Å²) in [5, 5.41) is 3.14. The zero-order valence-corrected chi connectivity index (χ0v) is 12.4. The van der Waals surface area contributed by atoms with Crippen molar-refractivity contribution in [1.29, 1.82) is 0 Å². The Morgan fingerprint density at radius 1 is 1.56 bits per heavy atom. The SMILES string of the molecule is CCSc1nc(C)c(C2=NC(=NC)NCC=C2)s1. The van der Waals surface area contributed by atoms with Crippen LogP contribution in [0.3, 0.4) is 0 Å². The van der Waals surface area contributed by atoms with Crippen LogP contribution in [0.4, 0.5) is 0 Å². The molecule has 1 N–H and O–H groups in total. The number of thiazole rings is 1. The van der Waals surface area contributed by atoms with Gasteiger partial charge in [0.25, 0.3) is 0 Å². The average molecular weight is 280 g/mol. The van der Waals surface area contributed by atoms with Crippen LogP contribution < -0.4 is 5.32 Å². The van der Waals surface area contributed by atoms with Gasteiger partial charge in [-0.2, -0.15) is 0 Å². The minimum absolute atomic E-state index is 0.674. The summed E-state index contributed by atoms with van der Waals surface area (Å²) < 4.78 is 1.10. The molecular weight excluding hydrogens is 264 g/mol. The third-order valence-electron chi connectivity index (χ3n) is 2.37. The summed E-state index contributed by atoms with van der Waals surface area (Å²) in [6.07, 6.45) is 4.09. The molecule has 0 aliphatic carbocycles. The predicted octanol–water partition coefficient (Wildman–Crippen LogP) is 2.50. The molecule has 0 bridgehead atoms. The van der Waals surface area contributed by atoms with Crippen molar-refractivity contribution in [3.8, 4) is 0 Å². The van der Waals surface area contributed by atoms with Crippen LogP contribution >= 0.6 is 23.1 Å². The van der Waals surface area contributed by atoms with E-state index in [1.807, 2.05) is 13.0 Å². The largest absolute Gasteiger partial charge is 0.351 e. The van der Waals surface area contributed by atoms with Crippen molar-refractivity contribution in [2.75, 3.05) is 19.3 Å². The van der Waals surface area contributed by atoms with Crippen LogP contribution in [0.1, 0.15) is 17.5 Å². The van der Waals surface area contributed by atoms with Crippen LogP contribution in [0.2, 0.25) is 0 Å². The maximum atomic E-state index is 4.56. The molecule has 0 unspecified atom stereocenters. The van der Waals surface area contributed by atoms with Crippen molar-refractivity contribution in [1.82, 2.24) is 10.3 Å². The fraction of sp³-hybridized carbons (Fsp3) is 0.417. The van der Waals surface area contributed by atoms with Crippen LogP contribution in [-0.4, -0.2) is 36.0 Å². The Bertz CT molecular complexity index is 514. The molecule has 96 valence electrons. The molecule has 4 nitrogen and oxygen atoms in total. The molecule has 0 aromatic carbocycles. The number of nitrogens with one attached hydrogen (secondary N) is 1. The van der Waals surface area contributed by atoms with Gasteiger partial charge in [0.15, 0.2) is 4.34 Å². The predicted molar refractivity (Wildman–Crippen MR) is 80.3 cm³/mol. The summed E-state index contributed by atoms with van der Waals surface area (Å²) in [6, 6.07) is 0. The second-order valence-electron chi connectivity index (χ2n) is 3.65. The first-order valence-electron chi connectivity index (χ1n) is 5.81. The fourth-order valence-electron chi connectivity index (χ4n) is 1.56. The quantitative estimate of drug-likeness (QED) is 0.865. The first-order chi connectivity index (χ1) is 8.74. The molecule has 0 amide bonds. The lowest BCUT2D eigenvalue weighted by Gasteiger charge is -2.00. The van der Waals surface area contributed by atoms with E-state index in [-0.39, 0.29) is 0 Å². The van der Waals surface area contributed by atoms with Gasteiger partial charge >= 0.3 is 0 Å². The zero-order chi connectivity index (χ0) is 13.0. The molecule has 0 saturated carbocycles. The molecule has 0 atom stereocenters. The summed E-state index contributed by atoms with van der Waals surface area (Å²) in [6.45, 7) is 4.92. The molecule has 6 heteroatoms. The second-order valence-corrected chi connectivity index (χ2v) is 6.17. The van der Waals surface area contributed by atoms with Crippen molar-refractivity contribution in [2.24, 2.45) is 9.98 Å². The van der Waals surface area contributed by atoms with Crippen molar-refractivity contribution < 1.29 is 0 Å². The van der Waals surface area contributed by atoms with Crippen LogP contribution in [0, 0.1) is 6.92 Å². The standard InChI is InChI=1S/C12H16N4S2/c1-4-17-12-15-8(2)10(18-12)9-6-5-7-14-11(13-3)16-9/h5-6H,4,7H2,1-3H3,(H,13,14). The Morgan fingerprint density at radius 3 is 3.11 bits per heavy atom. The number of guanidine groups is 1. The number of rotatable bonds is 3. The Hall–Kier alpha value is -1.14. The molecule has 1 aromatic heterocycles. The van der Waals surface area contributed by atoms with Gasteiger partial charge in [0.05, 0.1) is 16.3 Å². The van der Waals surface area contributed by atoms with E-state index in [0.717, 1.165) is 32.9 Å². The number of allylic oxidation sites excluding steroid dienone is 1. The number of aryl methyl sites for hydroxylation is 1. The van der Waals surface area contributed by atoms with E-state index in [0.29, 0.717) is 5.96 Å². The van der Waals surface area contributed by atoms with Gasteiger partial charge in [0.2, 0.25) is 5.96 Å². The number of hydrogen-bond acceptors (Lipinski definition) is 4. The smallest absolute Gasteiger partial charge is 0.218 e. The molecule has 1 aromatic rings. The van der Waals surface area contributed by atoms with Crippen LogP contribution in [0.15, 0.2) is 26.5 Å². The highest BCUT2D eigenvalue weighted by Crippen LogP contribution is 2.28. The Balaban J connectivity index is 2.37. The first-order valence-corrected chi connectivity index (χ1v) is 7.61. The minimum Gasteiger partial charge on any atom is -0.351 e. The van der Waals surface area contributed by atoms with Gasteiger partial charge in [-0.05, 0) is 18.8 Å². The van der Waals surface area contributed by atoms with Crippen molar-refractivity contribution in [3.05, 3.63) is 22.7 Å². The number of hydrogen-bond donors (Lipinski definition) is 1. The highest BCUT2D eigenvalue weighted by Gasteiger charge is 2.13. The van der Waals surface area contributed by atoms with Crippen molar-refractivity contribution in [3.63, 3.8) is 0 Å². The third kappa shape index (κ3) is 3.00. The summed E-state index contributed by atoms with van der Waals surface area (Å²) in [4.78, 5) is 14.3. The molecule has 0 saturated heterocycles. The number of aromatic nitrogens is 1. The number of nitrogens with zero attached hydrogens (tertiary/aromatic N) is 3. The van der Waals surface area contributed by atoms with Crippen molar-refractivity contribution >= 4 is 34.8 Å². The van der Waals surface area contributed by atoms with Gasteiger partial charge in [0, 0.05) is 13.6 Å². The van der Waals surface area contributed by atoms with Crippen LogP contribution in [-0.2, 0) is 0 Å². The van der Waals surface area contributed by atoms with Gasteiger partial charge in [-0.25, -0.2) is 9.98 Å².